The van der Waals surface area contributed by atoms with Gasteiger partial charge in [-0.2, -0.15) is 0 Å². The third kappa shape index (κ3) is 27.9. The molecule has 0 aliphatic carbocycles. The molecule has 1 atom stereocenters. The lowest BCUT2D eigenvalue weighted by Crippen LogP contribution is -2.33. The number of ether oxygens (including phenoxy) is 6. The molecule has 0 unspecified atom stereocenters. The quantitative estimate of drug-likeness (QED) is 0.0203. The van der Waals surface area contributed by atoms with Crippen molar-refractivity contribution in [1.29, 1.82) is 0 Å². The average molecular weight is 1690 g/mol. The van der Waals surface area contributed by atoms with Crippen LogP contribution < -0.4 is 57.9 Å². The van der Waals surface area contributed by atoms with Crippen LogP contribution in [0.4, 0.5) is 28.7 Å². The summed E-state index contributed by atoms with van der Waals surface area (Å²) in [6.45, 7) is 8.23. The smallest absolute Gasteiger partial charge is 0.291 e. The van der Waals surface area contributed by atoms with Gasteiger partial charge in [0.05, 0.1) is 101 Å². The van der Waals surface area contributed by atoms with E-state index in [0.717, 1.165) is 46.6 Å². The van der Waals surface area contributed by atoms with E-state index in [2.05, 4.69) is 78.2 Å². The first kappa shape index (κ1) is 90.6. The second-order valence-electron chi connectivity index (χ2n) is 28.2. The number of fused-ring (bicyclic) bond motifs is 3. The van der Waals surface area contributed by atoms with Gasteiger partial charge in [0, 0.05) is 153 Å². The summed E-state index contributed by atoms with van der Waals surface area (Å²) >= 11 is 6.22. The highest BCUT2D eigenvalue weighted by Gasteiger charge is 2.32. The van der Waals surface area contributed by atoms with Gasteiger partial charge < -0.3 is 114 Å². The lowest BCUT2D eigenvalue weighted by atomic mass is 9.93. The highest BCUT2D eigenvalue weighted by Crippen LogP contribution is 2.41. The van der Waals surface area contributed by atoms with Gasteiger partial charge in [-0.1, -0.05) is 53.2 Å². The molecule has 1 aliphatic heterocycles. The summed E-state index contributed by atoms with van der Waals surface area (Å²) in [5.74, 6) is -2.75. The van der Waals surface area contributed by atoms with Crippen LogP contribution in [0.25, 0.3) is 11.1 Å². The zero-order chi connectivity index (χ0) is 86.2. The highest BCUT2D eigenvalue weighted by molar-refractivity contribution is 6.31. The summed E-state index contributed by atoms with van der Waals surface area (Å²) in [5, 5.41) is 32.3. The maximum Gasteiger partial charge on any atom is 0.291 e. The number of aromatic nitrogens is 9. The number of halogens is 1. The molecule has 0 fully saturated rings. The van der Waals surface area contributed by atoms with Crippen molar-refractivity contribution in [2.24, 2.45) is 40.2 Å². The van der Waals surface area contributed by atoms with E-state index < -0.39 is 47.4 Å². The number of carbonyl (C=O) groups excluding carboxylic acids is 10. The van der Waals surface area contributed by atoms with Crippen LogP contribution >= 0.6 is 11.6 Å². The van der Waals surface area contributed by atoms with E-state index in [4.69, 9.17) is 49.5 Å². The zero-order valence-corrected chi connectivity index (χ0v) is 69.3. The molecule has 0 spiro atoms. The van der Waals surface area contributed by atoms with Crippen LogP contribution in [0, 0.1) is 6.92 Å². The molecular formula is C82H102ClN21O17. The minimum Gasteiger partial charge on any atom is -0.491 e. The molecule has 10 amide bonds. The first-order valence-electron chi connectivity index (χ1n) is 39.4. The molecule has 3 aromatic carbocycles. The molecule has 1 aliphatic rings. The maximum atomic E-state index is 13.5. The third-order valence-electron chi connectivity index (χ3n) is 18.7. The molecule has 0 bridgehead atoms. The Kier molecular flexibility index (Phi) is 34.5. The molecule has 10 N–H and O–H groups in total. The normalized spacial score (nSPS) is 12.2. The fraction of sp³-hybridized carbons (Fsp3) is 0.402. The maximum absolute atomic E-state index is 13.5. The van der Waals surface area contributed by atoms with Crippen LogP contribution in [0.15, 0.2) is 132 Å². The van der Waals surface area contributed by atoms with E-state index in [9.17, 15) is 47.9 Å². The number of hydrogen-bond acceptors (Lipinski definition) is 23. The van der Waals surface area contributed by atoms with Gasteiger partial charge in [0.2, 0.25) is 41.2 Å². The third-order valence-corrected chi connectivity index (χ3v) is 19.0. The van der Waals surface area contributed by atoms with Crippen molar-refractivity contribution >= 4 is 105 Å². The van der Waals surface area contributed by atoms with Gasteiger partial charge in [-0.3, -0.25) is 52.9 Å². The lowest BCUT2D eigenvalue weighted by Gasteiger charge is -2.16. The van der Waals surface area contributed by atoms with Crippen molar-refractivity contribution in [2.75, 3.05) is 152 Å². The molecule has 9 aromatic rings. The van der Waals surface area contributed by atoms with Gasteiger partial charge in [-0.05, 0) is 94.0 Å². The van der Waals surface area contributed by atoms with E-state index in [1.165, 1.54) is 55.2 Å². The standard InChI is InChI=1S/C82H102ClN21O17/c1-53-72-60-12-8-9-13-61(60)73(54-14-16-55(83)17-15-54)93-62(74(72)121-98-53)48-71(109)90-56-18-20-59(21-19-56)120-45-44-119-43-42-118-41-40-117-39-38-116-37-36-115-35-25-68(106)85-27-11-33-99(2)32-10-26-84-67(105)22-28-89-80(112)76-96-65(51-103(76)6)94-69(107)23-29-88-79(111)64-47-58(50-102(64)5)92-82(114)77-97-66(52-104(77)7)95-70(108)24-30-87-78(110)63-46-57(49-101(63)4)91-81(113)75-86-31-34-100(75)3/h8-9,12-21,31,34,46-47,49-52,62H,10-11,22-30,32-33,35-45,48H2,1-7H3,(H,84,105)(H,85,106)(H,87,110)(H,88,111)(H,89,112)(H,90,109)(H,91,113)(H,92,114)(H,94,107)(H,95,108)/t62-/m0/s1. The molecule has 0 radical (unpaired) electrons. The minimum absolute atomic E-state index is 0.00374. The van der Waals surface area contributed by atoms with E-state index >= 15 is 0 Å². The molecule has 0 saturated carbocycles. The van der Waals surface area contributed by atoms with E-state index in [1.807, 2.05) is 62.5 Å². The molecule has 38 nitrogen and oxygen atoms in total. The Morgan fingerprint density at radius 3 is 1.50 bits per heavy atom. The van der Waals surface area contributed by atoms with Crippen LogP contribution in [0.3, 0.4) is 0 Å². The van der Waals surface area contributed by atoms with E-state index in [-0.39, 0.29) is 122 Å². The number of anilines is 5. The SMILES string of the molecule is Cc1noc2c1-c1ccccc1C(c1ccc(Cl)cc1)=N[C@H]2CC(=O)Nc1ccc(OCCOCCOCCOCCOCCOCCC(=O)NCCCN(C)CCCNC(=O)CCNC(=O)c2nc(NC(=O)CCNC(=O)c3cc(NC(=O)c4nc(NC(=O)CCNC(=O)c5cc(NC(=O)c6nccn6C)cn5C)cn4C)cn3C)cn2C)cc1. The summed E-state index contributed by atoms with van der Waals surface area (Å²) < 4.78 is 47.0. The number of rotatable bonds is 49. The second-order valence-corrected chi connectivity index (χ2v) is 28.6. The van der Waals surface area contributed by atoms with Crippen LogP contribution in [-0.2, 0) is 82.9 Å². The van der Waals surface area contributed by atoms with Crippen molar-refractivity contribution in [2.45, 2.75) is 57.9 Å². The van der Waals surface area contributed by atoms with E-state index in [1.54, 1.807) is 76.5 Å². The van der Waals surface area contributed by atoms with Gasteiger partial charge in [0.25, 0.3) is 29.5 Å². The largest absolute Gasteiger partial charge is 0.491 e. The summed E-state index contributed by atoms with van der Waals surface area (Å²) in [5.41, 5.74) is 6.66. The number of imidazole rings is 3. The van der Waals surface area contributed by atoms with Crippen LogP contribution in [-0.4, -0.2) is 238 Å². The molecule has 10 rings (SSSR count). The van der Waals surface area contributed by atoms with Crippen molar-refractivity contribution in [3.05, 3.63) is 179 Å². The number of nitrogens with one attached hydrogen (secondary N) is 10. The Balaban J connectivity index is 0.475. The number of aryl methyl sites for hydroxylation is 6. The first-order valence-corrected chi connectivity index (χ1v) is 39.8. The molecule has 39 heteroatoms. The predicted octanol–water partition coefficient (Wildman–Crippen LogP) is 5.74. The summed E-state index contributed by atoms with van der Waals surface area (Å²) in [6, 6.07) is 24.8. The Labute approximate surface area is 702 Å². The number of hydrogen-bond donors (Lipinski definition) is 10. The van der Waals surface area contributed by atoms with Gasteiger partial charge in [-0.25, -0.2) is 15.0 Å². The number of carbonyl (C=O) groups is 10. The van der Waals surface area contributed by atoms with Gasteiger partial charge in [0.15, 0.2) is 23.2 Å². The lowest BCUT2D eigenvalue weighted by molar-refractivity contribution is -0.122. The Bertz CT molecular complexity index is 5060. The van der Waals surface area contributed by atoms with Crippen molar-refractivity contribution < 1.29 is 80.9 Å². The fourth-order valence-electron chi connectivity index (χ4n) is 12.6. The molecule has 6 aromatic heterocycles. The molecule has 121 heavy (non-hydrogen) atoms. The van der Waals surface area contributed by atoms with Crippen molar-refractivity contribution in [3.63, 3.8) is 0 Å². The van der Waals surface area contributed by atoms with Gasteiger partial charge >= 0.3 is 0 Å². The van der Waals surface area contributed by atoms with Crippen molar-refractivity contribution in [1.82, 2.24) is 74.4 Å². The summed E-state index contributed by atoms with van der Waals surface area (Å²) in [4.78, 5) is 149. The average Bonchev–Trinajstić information content (AvgIpc) is 1.62. The number of aliphatic imine (C=N–C) groups is 1. The molecule has 7 heterocycles. The molecular weight excluding hydrogens is 1590 g/mol. The summed E-state index contributed by atoms with van der Waals surface area (Å²) in [7, 11) is 10.0. The minimum atomic E-state index is -0.640. The van der Waals surface area contributed by atoms with Crippen LogP contribution in [0.5, 0.6) is 5.75 Å². The summed E-state index contributed by atoms with van der Waals surface area (Å²) in [6.07, 6.45) is 10.5. The Morgan fingerprint density at radius 2 is 0.959 bits per heavy atom. The van der Waals surface area contributed by atoms with Gasteiger partial charge in [-0.15, -0.1) is 0 Å². The topological polar surface area (TPSA) is 451 Å². The molecule has 0 saturated heterocycles. The fourth-order valence-corrected chi connectivity index (χ4v) is 12.8. The van der Waals surface area contributed by atoms with Crippen molar-refractivity contribution in [3.8, 4) is 16.9 Å². The second kappa shape index (κ2) is 46.0. The Hall–Kier alpha value is -12.7. The highest BCUT2D eigenvalue weighted by atomic mass is 35.5. The van der Waals surface area contributed by atoms with E-state index in [0.29, 0.717) is 120 Å². The number of nitrogens with zero attached hydrogens (tertiary/aromatic N) is 11. The first-order chi connectivity index (χ1) is 58.4. The number of benzene rings is 3. The van der Waals surface area contributed by atoms with Crippen LogP contribution in [0.1, 0.15) is 126 Å². The monoisotopic (exact) mass is 1690 g/mol. The molecule has 644 valence electrons. The zero-order valence-electron chi connectivity index (χ0n) is 68.5. The van der Waals surface area contributed by atoms with Crippen LogP contribution in [0.2, 0.25) is 5.02 Å². The Morgan fingerprint density at radius 1 is 0.471 bits per heavy atom. The van der Waals surface area contributed by atoms with Gasteiger partial charge in [0.1, 0.15) is 29.8 Å². The predicted molar refractivity (Wildman–Crippen MR) is 448 cm³/mol. The number of amides is 10.